The molecule has 4 heteroatoms. The lowest BCUT2D eigenvalue weighted by Crippen LogP contribution is -2.45. The number of rotatable bonds is 3. The van der Waals surface area contributed by atoms with Crippen molar-refractivity contribution in [1.29, 1.82) is 0 Å². The van der Waals surface area contributed by atoms with Crippen LogP contribution < -0.4 is 4.90 Å². The average Bonchev–Trinajstić information content (AvgIpc) is 2.36. The van der Waals surface area contributed by atoms with Gasteiger partial charge < -0.3 is 14.7 Å². The first-order valence-corrected chi connectivity index (χ1v) is 6.46. The maximum absolute atomic E-state index is 10.5. The number of carboxylic acid groups (broad SMARTS) is 1. The largest absolute Gasteiger partial charge is 0.478 e. The lowest BCUT2D eigenvalue weighted by atomic mass is 10.1. The van der Waals surface area contributed by atoms with Crippen LogP contribution in [0, 0.1) is 0 Å². The van der Waals surface area contributed by atoms with Crippen LogP contribution in [-0.4, -0.2) is 36.4 Å². The van der Waals surface area contributed by atoms with Crippen LogP contribution in [0.1, 0.15) is 19.4 Å². The Kier molecular flexibility index (Phi) is 4.22. The first kappa shape index (κ1) is 13.6. The molecule has 0 aliphatic carbocycles. The van der Waals surface area contributed by atoms with Gasteiger partial charge in [-0.1, -0.05) is 12.1 Å². The normalized spacial score (nSPS) is 23.8. The highest BCUT2D eigenvalue weighted by Crippen LogP contribution is 2.21. The molecule has 2 atom stereocenters. The summed E-state index contributed by atoms with van der Waals surface area (Å²) in [5.41, 5.74) is 2.04. The summed E-state index contributed by atoms with van der Waals surface area (Å²) in [6.45, 7) is 5.92. The average molecular weight is 261 g/mol. The summed E-state index contributed by atoms with van der Waals surface area (Å²) in [6.07, 6.45) is 3.20. The minimum absolute atomic E-state index is 0.232. The van der Waals surface area contributed by atoms with Gasteiger partial charge in [0.15, 0.2) is 0 Å². The van der Waals surface area contributed by atoms with Gasteiger partial charge >= 0.3 is 5.97 Å². The molecule has 0 bridgehead atoms. The Morgan fingerprint density at radius 2 is 1.84 bits per heavy atom. The summed E-state index contributed by atoms with van der Waals surface area (Å²) in [7, 11) is 0. The van der Waals surface area contributed by atoms with Gasteiger partial charge in [0.25, 0.3) is 0 Å². The summed E-state index contributed by atoms with van der Waals surface area (Å²) in [5, 5.41) is 8.58. The van der Waals surface area contributed by atoms with Crippen LogP contribution in [0.4, 0.5) is 5.69 Å². The van der Waals surface area contributed by atoms with Crippen molar-refractivity contribution in [3.8, 4) is 0 Å². The van der Waals surface area contributed by atoms with Crippen molar-refractivity contribution in [2.75, 3.05) is 18.0 Å². The predicted octanol–water partition coefficient (Wildman–Crippen LogP) is 2.40. The number of anilines is 1. The molecule has 1 aromatic rings. The van der Waals surface area contributed by atoms with E-state index in [1.54, 1.807) is 6.08 Å². The molecule has 1 fully saturated rings. The Labute approximate surface area is 113 Å². The summed E-state index contributed by atoms with van der Waals surface area (Å²) >= 11 is 0. The lowest BCUT2D eigenvalue weighted by molar-refractivity contribution is -0.131. The second kappa shape index (κ2) is 5.89. The first-order valence-electron chi connectivity index (χ1n) is 6.46. The minimum Gasteiger partial charge on any atom is -0.478 e. The molecular formula is C15H19NO3. The number of hydrogen-bond acceptors (Lipinski definition) is 3. The van der Waals surface area contributed by atoms with E-state index in [0.29, 0.717) is 0 Å². The third-order valence-corrected chi connectivity index (χ3v) is 3.10. The quantitative estimate of drug-likeness (QED) is 0.849. The van der Waals surface area contributed by atoms with Gasteiger partial charge in [-0.05, 0) is 37.6 Å². The molecule has 1 aliphatic rings. The van der Waals surface area contributed by atoms with E-state index < -0.39 is 5.97 Å². The number of morpholine rings is 1. The van der Waals surface area contributed by atoms with E-state index in [4.69, 9.17) is 9.84 Å². The van der Waals surface area contributed by atoms with Crippen LogP contribution in [0.2, 0.25) is 0 Å². The van der Waals surface area contributed by atoms with Gasteiger partial charge in [0.1, 0.15) is 0 Å². The minimum atomic E-state index is -0.931. The van der Waals surface area contributed by atoms with E-state index >= 15 is 0 Å². The second-order valence-corrected chi connectivity index (χ2v) is 4.93. The third-order valence-electron chi connectivity index (χ3n) is 3.10. The molecule has 0 unspecified atom stereocenters. The fourth-order valence-corrected chi connectivity index (χ4v) is 2.35. The predicted molar refractivity (Wildman–Crippen MR) is 75.3 cm³/mol. The molecule has 0 amide bonds. The van der Waals surface area contributed by atoms with Gasteiger partial charge in [0.05, 0.1) is 12.2 Å². The van der Waals surface area contributed by atoms with E-state index in [-0.39, 0.29) is 12.2 Å². The zero-order chi connectivity index (χ0) is 13.8. The van der Waals surface area contributed by atoms with Crippen LogP contribution in [0.15, 0.2) is 30.3 Å². The van der Waals surface area contributed by atoms with Gasteiger partial charge in [0, 0.05) is 24.9 Å². The van der Waals surface area contributed by atoms with Crippen molar-refractivity contribution < 1.29 is 14.6 Å². The Hall–Kier alpha value is -1.81. The molecule has 1 aliphatic heterocycles. The Bertz CT molecular complexity index is 457. The fraction of sp³-hybridized carbons (Fsp3) is 0.400. The fourth-order valence-electron chi connectivity index (χ4n) is 2.35. The van der Waals surface area contributed by atoms with E-state index in [1.165, 1.54) is 0 Å². The van der Waals surface area contributed by atoms with Gasteiger partial charge in [0.2, 0.25) is 0 Å². The van der Waals surface area contributed by atoms with Crippen molar-refractivity contribution in [2.45, 2.75) is 26.1 Å². The van der Waals surface area contributed by atoms with Gasteiger partial charge in [-0.15, -0.1) is 0 Å². The number of carboxylic acids is 1. The Balaban J connectivity index is 2.07. The number of carbonyl (C=O) groups is 1. The summed E-state index contributed by atoms with van der Waals surface area (Å²) in [4.78, 5) is 12.7. The monoisotopic (exact) mass is 261 g/mol. The zero-order valence-corrected chi connectivity index (χ0v) is 11.2. The molecule has 102 valence electrons. The van der Waals surface area contributed by atoms with E-state index in [1.807, 2.05) is 24.3 Å². The standard InChI is InChI=1S/C15H19NO3/c1-11-9-16(10-12(2)19-11)14-6-3-13(4-7-14)5-8-15(17)18/h3-8,11-12H,9-10H2,1-2H3,(H,17,18)/b8-5+/t11-,12+. The van der Waals surface area contributed by atoms with Gasteiger partial charge in [-0.3, -0.25) is 0 Å². The molecule has 1 aromatic carbocycles. The number of nitrogens with zero attached hydrogens (tertiary/aromatic N) is 1. The van der Waals surface area contributed by atoms with Crippen molar-refractivity contribution in [3.63, 3.8) is 0 Å². The highest BCUT2D eigenvalue weighted by atomic mass is 16.5. The molecule has 1 saturated heterocycles. The highest BCUT2D eigenvalue weighted by molar-refractivity contribution is 5.85. The van der Waals surface area contributed by atoms with Crippen LogP contribution in [0.3, 0.4) is 0 Å². The molecule has 4 nitrogen and oxygen atoms in total. The lowest BCUT2D eigenvalue weighted by Gasteiger charge is -2.36. The first-order chi connectivity index (χ1) is 9.04. The molecule has 2 rings (SSSR count). The molecule has 0 saturated carbocycles. The molecule has 1 N–H and O–H groups in total. The van der Waals surface area contributed by atoms with E-state index in [9.17, 15) is 4.79 Å². The maximum Gasteiger partial charge on any atom is 0.328 e. The number of aliphatic carboxylic acids is 1. The molecule has 19 heavy (non-hydrogen) atoms. The summed E-state index contributed by atoms with van der Waals surface area (Å²) in [5.74, 6) is -0.931. The van der Waals surface area contributed by atoms with Crippen LogP contribution in [0.5, 0.6) is 0 Å². The summed E-state index contributed by atoms with van der Waals surface area (Å²) in [6, 6.07) is 7.90. The SMILES string of the molecule is C[C@@H]1CN(c2ccc(/C=C/C(=O)O)cc2)C[C@H](C)O1. The van der Waals surface area contributed by atoms with Crippen molar-refractivity contribution in [1.82, 2.24) is 0 Å². The second-order valence-electron chi connectivity index (χ2n) is 4.93. The summed E-state index contributed by atoms with van der Waals surface area (Å²) < 4.78 is 5.71. The van der Waals surface area contributed by atoms with Crippen molar-refractivity contribution in [3.05, 3.63) is 35.9 Å². The highest BCUT2D eigenvalue weighted by Gasteiger charge is 2.22. The van der Waals surface area contributed by atoms with Crippen LogP contribution in [0.25, 0.3) is 6.08 Å². The smallest absolute Gasteiger partial charge is 0.328 e. The van der Waals surface area contributed by atoms with Crippen LogP contribution in [-0.2, 0) is 9.53 Å². The van der Waals surface area contributed by atoms with E-state index in [2.05, 4.69) is 18.7 Å². The third kappa shape index (κ3) is 3.83. The number of hydrogen-bond donors (Lipinski definition) is 1. The molecule has 0 radical (unpaired) electrons. The molecule has 1 heterocycles. The molecular weight excluding hydrogens is 242 g/mol. The number of ether oxygens (including phenoxy) is 1. The zero-order valence-electron chi connectivity index (χ0n) is 11.2. The molecule has 0 spiro atoms. The Morgan fingerprint density at radius 3 is 2.37 bits per heavy atom. The topological polar surface area (TPSA) is 49.8 Å². The van der Waals surface area contributed by atoms with Crippen molar-refractivity contribution in [2.24, 2.45) is 0 Å². The van der Waals surface area contributed by atoms with Crippen molar-refractivity contribution >= 4 is 17.7 Å². The van der Waals surface area contributed by atoms with E-state index in [0.717, 1.165) is 30.4 Å². The molecule has 0 aromatic heterocycles. The Morgan fingerprint density at radius 1 is 1.26 bits per heavy atom. The van der Waals surface area contributed by atoms with Crippen LogP contribution >= 0.6 is 0 Å². The van der Waals surface area contributed by atoms with Gasteiger partial charge in [-0.2, -0.15) is 0 Å². The van der Waals surface area contributed by atoms with Gasteiger partial charge in [-0.25, -0.2) is 4.79 Å². The number of benzene rings is 1. The maximum atomic E-state index is 10.5.